The van der Waals surface area contributed by atoms with E-state index in [1.807, 2.05) is 0 Å². The average molecular weight is 277 g/mol. The third-order valence-electron chi connectivity index (χ3n) is 3.71. The Morgan fingerprint density at radius 1 is 1.35 bits per heavy atom. The molecular weight excluding hydrogens is 261 g/mol. The molecule has 2 heterocycles. The van der Waals surface area contributed by atoms with Crippen LogP contribution in [-0.2, 0) is 4.79 Å². The number of rotatable bonds is 1. The van der Waals surface area contributed by atoms with E-state index in [0.29, 0.717) is 42.8 Å². The first-order valence-corrected chi connectivity index (χ1v) is 6.74. The lowest BCUT2D eigenvalue weighted by Gasteiger charge is -2.31. The number of nitrogens with zero attached hydrogens (tertiary/aromatic N) is 1. The predicted octanol–water partition coefficient (Wildman–Crippen LogP) is 1.58. The summed E-state index contributed by atoms with van der Waals surface area (Å²) in [4.78, 5) is 14.1. The fourth-order valence-electron chi connectivity index (χ4n) is 2.54. The third kappa shape index (κ3) is 2.54. The van der Waals surface area contributed by atoms with Crippen LogP contribution in [0.15, 0.2) is 23.8 Å². The molecule has 0 saturated carbocycles. The van der Waals surface area contributed by atoms with Gasteiger partial charge in [-0.1, -0.05) is 0 Å². The van der Waals surface area contributed by atoms with Crippen LogP contribution in [0.25, 0.3) is 6.08 Å². The minimum Gasteiger partial charge on any atom is -0.488 e. The highest BCUT2D eigenvalue weighted by molar-refractivity contribution is 5.99. The highest BCUT2D eigenvalue weighted by Gasteiger charge is 2.26. The summed E-state index contributed by atoms with van der Waals surface area (Å²) in [5, 5.41) is 9.46. The molecule has 0 unspecified atom stereocenters. The van der Waals surface area contributed by atoms with Crippen LogP contribution in [0.2, 0.25) is 0 Å². The van der Waals surface area contributed by atoms with Crippen molar-refractivity contribution in [1.82, 2.24) is 4.90 Å². The first-order valence-electron chi connectivity index (χ1n) is 6.74. The lowest BCUT2D eigenvalue weighted by atomic mass is 10.0. The number of halogens is 1. The number of carbonyl (C=O) groups excluding carboxylic acids is 1. The maximum absolute atomic E-state index is 13.2. The molecule has 106 valence electrons. The van der Waals surface area contributed by atoms with Crippen LogP contribution in [-0.4, -0.2) is 41.7 Å². The molecule has 1 aromatic carbocycles. The fraction of sp³-hybridized carbons (Fsp3) is 0.400. The number of likely N-dealkylation sites (tertiary alicyclic amines) is 1. The number of benzene rings is 1. The minimum atomic E-state index is -0.349. The smallest absolute Gasteiger partial charge is 0.253 e. The number of amides is 1. The first-order chi connectivity index (χ1) is 9.63. The number of hydrogen-bond donors (Lipinski definition) is 1. The van der Waals surface area contributed by atoms with Gasteiger partial charge in [0.15, 0.2) is 0 Å². The van der Waals surface area contributed by atoms with E-state index in [1.165, 1.54) is 12.1 Å². The summed E-state index contributed by atoms with van der Waals surface area (Å²) in [6, 6.07) is 4.27. The standard InChI is InChI=1S/C15H16FNO3/c16-12-1-2-14-10(8-12)7-11(9-20-14)15(19)17-5-3-13(18)4-6-17/h1-2,7-8,13,18H,3-6,9H2. The highest BCUT2D eigenvalue weighted by Crippen LogP contribution is 2.28. The summed E-state index contributed by atoms with van der Waals surface area (Å²) in [5.74, 6) is 0.155. The van der Waals surface area contributed by atoms with Crippen molar-refractivity contribution in [3.63, 3.8) is 0 Å². The molecule has 1 fully saturated rings. The van der Waals surface area contributed by atoms with E-state index < -0.39 is 0 Å². The van der Waals surface area contributed by atoms with Gasteiger partial charge in [-0.2, -0.15) is 0 Å². The van der Waals surface area contributed by atoms with Crippen LogP contribution in [0, 0.1) is 5.82 Å². The molecule has 0 aromatic heterocycles. The second-order valence-electron chi connectivity index (χ2n) is 5.16. The molecular formula is C15H16FNO3. The largest absolute Gasteiger partial charge is 0.488 e. The topological polar surface area (TPSA) is 49.8 Å². The van der Waals surface area contributed by atoms with Gasteiger partial charge in [0.1, 0.15) is 18.2 Å². The lowest BCUT2D eigenvalue weighted by Crippen LogP contribution is -2.41. The second kappa shape index (κ2) is 5.25. The molecule has 0 spiro atoms. The summed E-state index contributed by atoms with van der Waals surface area (Å²) in [6.45, 7) is 1.30. The SMILES string of the molecule is O=C(C1=Cc2cc(F)ccc2OC1)N1CCC(O)CC1. The van der Waals surface area contributed by atoms with Gasteiger partial charge in [0.25, 0.3) is 5.91 Å². The Hall–Kier alpha value is -1.88. The Balaban J connectivity index is 1.79. The van der Waals surface area contributed by atoms with E-state index in [4.69, 9.17) is 4.74 Å². The number of piperidine rings is 1. The fourth-order valence-corrected chi connectivity index (χ4v) is 2.54. The Kier molecular flexibility index (Phi) is 3.44. The van der Waals surface area contributed by atoms with Gasteiger partial charge in [-0.3, -0.25) is 4.79 Å². The second-order valence-corrected chi connectivity index (χ2v) is 5.16. The van der Waals surface area contributed by atoms with Crippen molar-refractivity contribution in [2.24, 2.45) is 0 Å². The van der Waals surface area contributed by atoms with Crippen LogP contribution >= 0.6 is 0 Å². The van der Waals surface area contributed by atoms with Crippen molar-refractivity contribution in [1.29, 1.82) is 0 Å². The summed E-state index contributed by atoms with van der Waals surface area (Å²) < 4.78 is 18.7. The Morgan fingerprint density at radius 3 is 2.85 bits per heavy atom. The van der Waals surface area contributed by atoms with Crippen LogP contribution in [0.1, 0.15) is 18.4 Å². The molecule has 4 nitrogen and oxygen atoms in total. The minimum absolute atomic E-state index is 0.0909. The van der Waals surface area contributed by atoms with Gasteiger partial charge < -0.3 is 14.7 Å². The number of carbonyl (C=O) groups is 1. The highest BCUT2D eigenvalue weighted by atomic mass is 19.1. The van der Waals surface area contributed by atoms with Gasteiger partial charge in [0, 0.05) is 18.7 Å². The van der Waals surface area contributed by atoms with Crippen LogP contribution < -0.4 is 4.74 Å². The molecule has 0 atom stereocenters. The van der Waals surface area contributed by atoms with Crippen molar-refractivity contribution < 1.29 is 19.0 Å². The van der Waals surface area contributed by atoms with Crippen molar-refractivity contribution >= 4 is 12.0 Å². The normalized spacial score (nSPS) is 19.1. The zero-order valence-corrected chi connectivity index (χ0v) is 11.0. The summed E-state index contributed by atoms with van der Waals surface area (Å²) in [5.41, 5.74) is 1.12. The molecule has 1 amide bonds. The molecule has 0 aliphatic carbocycles. The molecule has 1 N–H and O–H groups in total. The number of fused-ring (bicyclic) bond motifs is 1. The number of ether oxygens (including phenoxy) is 1. The molecule has 20 heavy (non-hydrogen) atoms. The zero-order valence-electron chi connectivity index (χ0n) is 11.0. The molecule has 0 bridgehead atoms. The van der Waals surface area contributed by atoms with Crippen LogP contribution in [0.4, 0.5) is 4.39 Å². The Labute approximate surface area is 116 Å². The molecule has 0 radical (unpaired) electrons. The van der Waals surface area contributed by atoms with Gasteiger partial charge in [-0.25, -0.2) is 4.39 Å². The Morgan fingerprint density at radius 2 is 2.10 bits per heavy atom. The summed E-state index contributed by atoms with van der Waals surface area (Å²) >= 11 is 0. The van der Waals surface area contributed by atoms with E-state index >= 15 is 0 Å². The molecule has 2 aliphatic heterocycles. The average Bonchev–Trinajstić information content (AvgIpc) is 2.46. The maximum atomic E-state index is 13.2. The maximum Gasteiger partial charge on any atom is 0.253 e. The van der Waals surface area contributed by atoms with Crippen molar-refractivity contribution in [3.8, 4) is 5.75 Å². The van der Waals surface area contributed by atoms with Crippen molar-refractivity contribution in [3.05, 3.63) is 35.2 Å². The molecule has 2 aliphatic rings. The van der Waals surface area contributed by atoms with Gasteiger partial charge in [-0.05, 0) is 37.1 Å². The summed E-state index contributed by atoms with van der Waals surface area (Å²) in [7, 11) is 0. The predicted molar refractivity (Wildman–Crippen MR) is 71.7 cm³/mol. The lowest BCUT2D eigenvalue weighted by molar-refractivity contribution is -0.129. The van der Waals surface area contributed by atoms with E-state index in [0.717, 1.165) is 0 Å². The monoisotopic (exact) mass is 277 g/mol. The quantitative estimate of drug-likeness (QED) is 0.848. The van der Waals surface area contributed by atoms with E-state index in [-0.39, 0.29) is 24.4 Å². The van der Waals surface area contributed by atoms with E-state index in [1.54, 1.807) is 17.0 Å². The van der Waals surface area contributed by atoms with Crippen LogP contribution in [0.5, 0.6) is 5.75 Å². The van der Waals surface area contributed by atoms with E-state index in [2.05, 4.69) is 0 Å². The van der Waals surface area contributed by atoms with Crippen LogP contribution in [0.3, 0.4) is 0 Å². The number of hydrogen-bond acceptors (Lipinski definition) is 3. The molecule has 5 heteroatoms. The third-order valence-corrected chi connectivity index (χ3v) is 3.71. The first kappa shape index (κ1) is 13.1. The van der Waals surface area contributed by atoms with Gasteiger partial charge in [0.05, 0.1) is 11.7 Å². The van der Waals surface area contributed by atoms with E-state index in [9.17, 15) is 14.3 Å². The number of aliphatic hydroxyl groups excluding tert-OH is 1. The van der Waals surface area contributed by atoms with Crippen molar-refractivity contribution in [2.45, 2.75) is 18.9 Å². The molecule has 1 saturated heterocycles. The molecule has 1 aromatic rings. The molecule has 3 rings (SSSR count). The van der Waals surface area contributed by atoms with Crippen molar-refractivity contribution in [2.75, 3.05) is 19.7 Å². The van der Waals surface area contributed by atoms with Gasteiger partial charge >= 0.3 is 0 Å². The summed E-state index contributed by atoms with van der Waals surface area (Å²) in [6.07, 6.45) is 2.58. The zero-order chi connectivity index (χ0) is 14.1. The van der Waals surface area contributed by atoms with Gasteiger partial charge in [0.2, 0.25) is 0 Å². The van der Waals surface area contributed by atoms with Gasteiger partial charge in [-0.15, -0.1) is 0 Å². The Bertz CT molecular complexity index is 562. The number of aliphatic hydroxyl groups is 1.